The molecule has 7 heteroatoms. The van der Waals surface area contributed by atoms with Crippen LogP contribution in [0, 0.1) is 0 Å². The Morgan fingerprint density at radius 1 is 1.26 bits per heavy atom. The topological polar surface area (TPSA) is 113 Å². The predicted octanol–water partition coefficient (Wildman–Crippen LogP) is 0.497. The van der Waals surface area contributed by atoms with E-state index in [-0.39, 0.29) is 11.4 Å². The van der Waals surface area contributed by atoms with Crippen LogP contribution in [0.5, 0.6) is 0 Å². The third-order valence-corrected chi connectivity index (χ3v) is 2.74. The minimum absolute atomic E-state index is 0.0229. The van der Waals surface area contributed by atoms with Crippen molar-refractivity contribution in [1.82, 2.24) is 20.0 Å². The number of primary amides is 1. The molecule has 0 saturated heterocycles. The summed E-state index contributed by atoms with van der Waals surface area (Å²) in [5.41, 5.74) is 11.1. The number of carbonyl (C=O) groups excluding carboxylic acids is 1. The highest BCUT2D eigenvalue weighted by molar-refractivity contribution is 5.96. The summed E-state index contributed by atoms with van der Waals surface area (Å²) in [6, 6.07) is 7.59. The second-order valence-electron chi connectivity index (χ2n) is 4.00. The molecule has 19 heavy (non-hydrogen) atoms. The van der Waals surface area contributed by atoms with E-state index in [2.05, 4.69) is 15.3 Å². The number of nitrogens with zero attached hydrogens (tertiary/aromatic N) is 4. The van der Waals surface area contributed by atoms with Crippen molar-refractivity contribution in [3.8, 4) is 5.82 Å². The monoisotopic (exact) mass is 254 g/mol. The van der Waals surface area contributed by atoms with E-state index in [0.717, 1.165) is 10.8 Å². The molecule has 94 valence electrons. The Morgan fingerprint density at radius 2 is 2.05 bits per heavy atom. The molecule has 0 atom stereocenters. The largest absolute Gasteiger partial charge is 0.396 e. The Labute approximate surface area is 107 Å². The molecule has 0 radical (unpaired) electrons. The number of aromatic nitrogens is 4. The number of benzene rings is 1. The van der Waals surface area contributed by atoms with Crippen molar-refractivity contribution in [2.45, 2.75) is 0 Å². The summed E-state index contributed by atoms with van der Waals surface area (Å²) in [4.78, 5) is 11.2. The lowest BCUT2D eigenvalue weighted by Crippen LogP contribution is -2.14. The first-order chi connectivity index (χ1) is 9.16. The van der Waals surface area contributed by atoms with E-state index in [1.165, 1.54) is 10.9 Å². The van der Waals surface area contributed by atoms with Crippen molar-refractivity contribution in [3.63, 3.8) is 0 Å². The van der Waals surface area contributed by atoms with Crippen LogP contribution in [-0.2, 0) is 0 Å². The number of nitrogens with two attached hydrogens (primary N) is 2. The van der Waals surface area contributed by atoms with Gasteiger partial charge in [0.15, 0.2) is 11.5 Å². The average molecular weight is 254 g/mol. The van der Waals surface area contributed by atoms with Gasteiger partial charge in [-0.15, -0.1) is 5.10 Å². The van der Waals surface area contributed by atoms with Crippen LogP contribution in [0.4, 0.5) is 5.69 Å². The fourth-order valence-corrected chi connectivity index (χ4v) is 1.87. The van der Waals surface area contributed by atoms with Gasteiger partial charge >= 0.3 is 0 Å². The molecule has 3 rings (SSSR count). The van der Waals surface area contributed by atoms with E-state index >= 15 is 0 Å². The summed E-state index contributed by atoms with van der Waals surface area (Å²) in [5, 5.41) is 13.8. The molecule has 1 aromatic carbocycles. The van der Waals surface area contributed by atoms with E-state index in [4.69, 9.17) is 11.5 Å². The Balaban J connectivity index is 2.25. The molecule has 0 saturated carbocycles. The lowest BCUT2D eigenvalue weighted by atomic mass is 10.2. The number of rotatable bonds is 2. The predicted molar refractivity (Wildman–Crippen MR) is 69.6 cm³/mol. The number of nitrogen functional groups attached to an aromatic ring is 1. The lowest BCUT2D eigenvalue weighted by Gasteiger charge is -2.03. The van der Waals surface area contributed by atoms with Crippen molar-refractivity contribution < 1.29 is 4.79 Å². The quantitative estimate of drug-likeness (QED) is 0.691. The van der Waals surface area contributed by atoms with Gasteiger partial charge in [-0.25, -0.2) is 4.68 Å². The van der Waals surface area contributed by atoms with Crippen LogP contribution in [0.15, 0.2) is 36.7 Å². The molecule has 0 aliphatic rings. The van der Waals surface area contributed by atoms with Gasteiger partial charge in [-0.2, -0.15) is 10.2 Å². The highest BCUT2D eigenvalue weighted by Crippen LogP contribution is 2.20. The van der Waals surface area contributed by atoms with Crippen LogP contribution in [0.25, 0.3) is 16.6 Å². The number of anilines is 1. The minimum atomic E-state index is -0.676. The van der Waals surface area contributed by atoms with Crippen LogP contribution in [0.1, 0.15) is 10.5 Å². The molecule has 0 spiro atoms. The van der Waals surface area contributed by atoms with Gasteiger partial charge in [-0.05, 0) is 0 Å². The number of hydrogen-bond acceptors (Lipinski definition) is 5. The summed E-state index contributed by atoms with van der Waals surface area (Å²) < 4.78 is 1.41. The SMILES string of the molecule is NC(=O)c1nn(-c2nncc3ccccc23)cc1N. The van der Waals surface area contributed by atoms with Crippen molar-refractivity contribution in [1.29, 1.82) is 0 Å². The fourth-order valence-electron chi connectivity index (χ4n) is 1.87. The molecule has 4 N–H and O–H groups in total. The van der Waals surface area contributed by atoms with Crippen molar-refractivity contribution in [3.05, 3.63) is 42.4 Å². The first-order valence-electron chi connectivity index (χ1n) is 5.52. The molecule has 0 fully saturated rings. The Morgan fingerprint density at radius 3 is 2.79 bits per heavy atom. The maximum Gasteiger partial charge on any atom is 0.271 e. The van der Waals surface area contributed by atoms with Gasteiger partial charge in [0.05, 0.1) is 18.1 Å². The molecular weight excluding hydrogens is 244 g/mol. The number of fused-ring (bicyclic) bond motifs is 1. The van der Waals surface area contributed by atoms with E-state index in [1.807, 2.05) is 24.3 Å². The summed E-state index contributed by atoms with van der Waals surface area (Å²) in [5.74, 6) is -0.179. The van der Waals surface area contributed by atoms with Gasteiger partial charge in [0, 0.05) is 10.8 Å². The van der Waals surface area contributed by atoms with E-state index in [1.54, 1.807) is 6.20 Å². The summed E-state index contributed by atoms with van der Waals surface area (Å²) in [7, 11) is 0. The fraction of sp³-hybridized carbons (Fsp3) is 0. The van der Waals surface area contributed by atoms with Crippen LogP contribution in [0.3, 0.4) is 0 Å². The molecule has 7 nitrogen and oxygen atoms in total. The van der Waals surface area contributed by atoms with E-state index < -0.39 is 5.91 Å². The zero-order valence-electron chi connectivity index (χ0n) is 9.82. The van der Waals surface area contributed by atoms with Gasteiger partial charge in [-0.3, -0.25) is 4.79 Å². The molecule has 0 aliphatic heterocycles. The Hall–Kier alpha value is -2.96. The average Bonchev–Trinajstić information content (AvgIpc) is 2.80. The third-order valence-electron chi connectivity index (χ3n) is 2.74. The van der Waals surface area contributed by atoms with Crippen LogP contribution < -0.4 is 11.5 Å². The first kappa shape index (κ1) is 11.1. The van der Waals surface area contributed by atoms with Gasteiger partial charge < -0.3 is 11.5 Å². The van der Waals surface area contributed by atoms with Gasteiger partial charge in [0.25, 0.3) is 5.91 Å². The number of amides is 1. The lowest BCUT2D eigenvalue weighted by molar-refractivity contribution is 0.0996. The summed E-state index contributed by atoms with van der Waals surface area (Å²) in [6.45, 7) is 0. The van der Waals surface area contributed by atoms with Gasteiger partial charge in [-0.1, -0.05) is 24.3 Å². The van der Waals surface area contributed by atoms with Crippen LogP contribution >= 0.6 is 0 Å². The zero-order valence-corrected chi connectivity index (χ0v) is 9.82. The summed E-state index contributed by atoms with van der Waals surface area (Å²) in [6.07, 6.45) is 3.15. The van der Waals surface area contributed by atoms with Crippen molar-refractivity contribution >= 4 is 22.4 Å². The molecule has 2 heterocycles. The Kier molecular flexibility index (Phi) is 2.38. The normalized spacial score (nSPS) is 10.7. The zero-order chi connectivity index (χ0) is 13.4. The number of carbonyl (C=O) groups is 1. The second-order valence-corrected chi connectivity index (χ2v) is 4.00. The second kappa shape index (κ2) is 4.05. The summed E-state index contributed by atoms with van der Waals surface area (Å²) >= 11 is 0. The molecule has 3 aromatic rings. The van der Waals surface area contributed by atoms with Crippen LogP contribution in [-0.4, -0.2) is 25.9 Å². The highest BCUT2D eigenvalue weighted by atomic mass is 16.1. The standard InChI is InChI=1S/C12H10N6O/c13-9-6-18(17-10(9)11(14)19)12-8-4-2-1-3-7(8)5-15-16-12/h1-6H,13H2,(H2,14,19). The van der Waals surface area contributed by atoms with Crippen LogP contribution in [0.2, 0.25) is 0 Å². The van der Waals surface area contributed by atoms with Crippen molar-refractivity contribution in [2.75, 3.05) is 5.73 Å². The minimum Gasteiger partial charge on any atom is -0.396 e. The van der Waals surface area contributed by atoms with Gasteiger partial charge in [0.1, 0.15) is 0 Å². The molecular formula is C12H10N6O. The molecule has 0 aliphatic carbocycles. The molecule has 1 amide bonds. The molecule has 0 unspecified atom stereocenters. The molecule has 0 bridgehead atoms. The smallest absolute Gasteiger partial charge is 0.271 e. The Bertz CT molecular complexity index is 773. The van der Waals surface area contributed by atoms with Gasteiger partial charge in [0.2, 0.25) is 0 Å². The first-order valence-corrected chi connectivity index (χ1v) is 5.52. The maximum absolute atomic E-state index is 11.2. The van der Waals surface area contributed by atoms with Crippen molar-refractivity contribution in [2.24, 2.45) is 5.73 Å². The molecule has 2 aromatic heterocycles. The number of hydrogen-bond donors (Lipinski definition) is 2. The highest BCUT2D eigenvalue weighted by Gasteiger charge is 2.14. The van der Waals surface area contributed by atoms with E-state index in [9.17, 15) is 4.79 Å². The third kappa shape index (κ3) is 1.77. The maximum atomic E-state index is 11.2. The van der Waals surface area contributed by atoms with E-state index in [0.29, 0.717) is 5.82 Å².